The summed E-state index contributed by atoms with van der Waals surface area (Å²) < 4.78 is 6.29. The van der Waals surface area contributed by atoms with Crippen LogP contribution in [0.5, 0.6) is 5.75 Å². The molecule has 116 valence electrons. The molecule has 0 bridgehead atoms. The van der Waals surface area contributed by atoms with Gasteiger partial charge in [0.15, 0.2) is 0 Å². The van der Waals surface area contributed by atoms with Crippen molar-refractivity contribution >= 4 is 8.32 Å². The van der Waals surface area contributed by atoms with Gasteiger partial charge in [0.05, 0.1) is 6.10 Å². The average Bonchev–Trinajstić information content (AvgIpc) is 2.34. The molecule has 0 heterocycles. The van der Waals surface area contributed by atoms with Crippen LogP contribution in [0.25, 0.3) is 0 Å². The lowest BCUT2D eigenvalue weighted by molar-refractivity contribution is 0.166. The van der Waals surface area contributed by atoms with Gasteiger partial charge in [-0.3, -0.25) is 0 Å². The summed E-state index contributed by atoms with van der Waals surface area (Å²) >= 11 is 0. The third-order valence-electron chi connectivity index (χ3n) is 4.17. The molecule has 1 N–H and O–H groups in total. The lowest BCUT2D eigenvalue weighted by Crippen LogP contribution is -2.43. The summed E-state index contributed by atoms with van der Waals surface area (Å²) in [4.78, 5) is 0. The molecule has 0 saturated heterocycles. The maximum absolute atomic E-state index is 9.96. The monoisotopic (exact) mass is 304 g/mol. The van der Waals surface area contributed by atoms with Gasteiger partial charge in [-0.25, -0.2) is 0 Å². The van der Waals surface area contributed by atoms with E-state index < -0.39 is 8.32 Å². The number of aliphatic hydroxyl groups is 1. The molecule has 0 radical (unpaired) electrons. The summed E-state index contributed by atoms with van der Waals surface area (Å²) in [6, 6.07) is 8.06. The van der Waals surface area contributed by atoms with Gasteiger partial charge in [-0.15, -0.1) is 12.3 Å². The van der Waals surface area contributed by atoms with E-state index in [0.717, 1.165) is 11.3 Å². The van der Waals surface area contributed by atoms with Crippen molar-refractivity contribution in [2.24, 2.45) is 0 Å². The predicted molar refractivity (Wildman–Crippen MR) is 92.0 cm³/mol. The van der Waals surface area contributed by atoms with Crippen molar-refractivity contribution in [3.8, 4) is 18.1 Å². The topological polar surface area (TPSA) is 29.5 Å². The molecule has 0 aliphatic heterocycles. The zero-order valence-electron chi connectivity index (χ0n) is 13.9. The minimum atomic E-state index is -1.82. The first-order valence-corrected chi connectivity index (χ1v) is 10.5. The van der Waals surface area contributed by atoms with Crippen LogP contribution in [0.2, 0.25) is 18.1 Å². The molecule has 21 heavy (non-hydrogen) atoms. The van der Waals surface area contributed by atoms with Gasteiger partial charge in [0.25, 0.3) is 0 Å². The van der Waals surface area contributed by atoms with Crippen LogP contribution < -0.4 is 4.43 Å². The fourth-order valence-corrected chi connectivity index (χ4v) is 2.83. The Morgan fingerprint density at radius 2 is 2.00 bits per heavy atom. The summed E-state index contributed by atoms with van der Waals surface area (Å²) in [5.74, 6) is 3.47. The molecule has 1 aromatic rings. The van der Waals surface area contributed by atoms with E-state index in [9.17, 15) is 5.11 Å². The molecule has 0 saturated carbocycles. The van der Waals surface area contributed by atoms with Crippen molar-refractivity contribution in [2.45, 2.75) is 64.3 Å². The molecule has 1 atom stereocenters. The summed E-state index contributed by atoms with van der Waals surface area (Å²) in [5.41, 5.74) is 1.09. The molecule has 0 aliphatic rings. The highest BCUT2D eigenvalue weighted by Gasteiger charge is 2.38. The van der Waals surface area contributed by atoms with Crippen molar-refractivity contribution in [3.05, 3.63) is 29.8 Å². The Labute approximate surface area is 130 Å². The van der Waals surface area contributed by atoms with Crippen LogP contribution in [-0.2, 0) is 6.42 Å². The lowest BCUT2D eigenvalue weighted by atomic mass is 10.0. The molecule has 0 amide bonds. The third-order valence-corrected chi connectivity index (χ3v) is 8.53. The Morgan fingerprint density at radius 3 is 2.57 bits per heavy atom. The summed E-state index contributed by atoms with van der Waals surface area (Å²) in [5, 5.41) is 10.1. The highest BCUT2D eigenvalue weighted by molar-refractivity contribution is 6.74. The Hall–Kier alpha value is -1.24. The fraction of sp³-hybridized carbons (Fsp3) is 0.556. The van der Waals surface area contributed by atoms with Crippen LogP contribution in [0.1, 0.15) is 39.2 Å². The van der Waals surface area contributed by atoms with E-state index in [1.807, 2.05) is 24.3 Å². The maximum atomic E-state index is 9.96. The molecule has 2 nitrogen and oxygen atoms in total. The Kier molecular flexibility index (Phi) is 6.06. The van der Waals surface area contributed by atoms with Crippen molar-refractivity contribution in [1.82, 2.24) is 0 Å². The molecule has 0 fully saturated rings. The fourth-order valence-electron chi connectivity index (χ4n) is 1.81. The van der Waals surface area contributed by atoms with Gasteiger partial charge in [0.2, 0.25) is 8.32 Å². The highest BCUT2D eigenvalue weighted by Crippen LogP contribution is 2.37. The Bertz CT molecular complexity index is 495. The summed E-state index contributed by atoms with van der Waals surface area (Å²) in [6.45, 7) is 11.2. The Morgan fingerprint density at radius 1 is 1.33 bits per heavy atom. The lowest BCUT2D eigenvalue weighted by Gasteiger charge is -2.36. The van der Waals surface area contributed by atoms with Crippen LogP contribution in [-0.4, -0.2) is 19.5 Å². The van der Waals surface area contributed by atoms with Crippen LogP contribution in [0.4, 0.5) is 0 Å². The second-order valence-corrected chi connectivity index (χ2v) is 11.8. The van der Waals surface area contributed by atoms with Gasteiger partial charge in [0.1, 0.15) is 5.75 Å². The first kappa shape index (κ1) is 17.8. The van der Waals surface area contributed by atoms with Crippen molar-refractivity contribution < 1.29 is 9.53 Å². The minimum absolute atomic E-state index is 0.176. The van der Waals surface area contributed by atoms with Crippen molar-refractivity contribution in [1.29, 1.82) is 0 Å². The van der Waals surface area contributed by atoms with Crippen LogP contribution in [0, 0.1) is 12.3 Å². The summed E-state index contributed by atoms with van der Waals surface area (Å²) in [6.07, 6.45) is 6.72. The largest absolute Gasteiger partial charge is 0.543 e. The van der Waals surface area contributed by atoms with E-state index in [4.69, 9.17) is 10.8 Å². The Balaban J connectivity index is 2.75. The van der Waals surface area contributed by atoms with Gasteiger partial charge < -0.3 is 9.53 Å². The SMILES string of the molecule is C#CCC[C@@H](O)Cc1cccc(O[Si](C)(C)C(C)(C)C)c1. The zero-order valence-corrected chi connectivity index (χ0v) is 14.9. The summed E-state index contributed by atoms with van der Waals surface area (Å²) in [7, 11) is -1.82. The second kappa shape index (κ2) is 7.15. The van der Waals surface area contributed by atoms with Crippen LogP contribution >= 0.6 is 0 Å². The maximum Gasteiger partial charge on any atom is 0.250 e. The van der Waals surface area contributed by atoms with Gasteiger partial charge >= 0.3 is 0 Å². The smallest absolute Gasteiger partial charge is 0.250 e. The van der Waals surface area contributed by atoms with Crippen LogP contribution in [0.3, 0.4) is 0 Å². The third kappa shape index (κ3) is 5.57. The van der Waals surface area contributed by atoms with Gasteiger partial charge in [-0.1, -0.05) is 32.9 Å². The highest BCUT2D eigenvalue weighted by atomic mass is 28.4. The molecular formula is C18H28O2Si. The number of aliphatic hydroxyl groups excluding tert-OH is 1. The molecule has 0 aliphatic carbocycles. The molecule has 0 unspecified atom stereocenters. The molecule has 0 aromatic heterocycles. The number of hydrogen-bond donors (Lipinski definition) is 1. The van der Waals surface area contributed by atoms with E-state index in [1.165, 1.54) is 0 Å². The average molecular weight is 305 g/mol. The normalized spacial score (nSPS) is 13.6. The van der Waals surface area contributed by atoms with Crippen LogP contribution in [0.15, 0.2) is 24.3 Å². The molecule has 1 rings (SSSR count). The van der Waals surface area contributed by atoms with E-state index in [-0.39, 0.29) is 11.1 Å². The molecular weight excluding hydrogens is 276 g/mol. The number of hydrogen-bond acceptors (Lipinski definition) is 2. The predicted octanol–water partition coefficient (Wildman–Crippen LogP) is 4.39. The molecule has 0 spiro atoms. The first-order valence-electron chi connectivity index (χ1n) is 7.55. The number of terminal acetylenes is 1. The number of rotatable bonds is 6. The quantitative estimate of drug-likeness (QED) is 0.624. The van der Waals surface area contributed by atoms with Crippen molar-refractivity contribution in [3.63, 3.8) is 0 Å². The standard InChI is InChI=1S/C18H28O2Si/c1-7-8-11-16(19)13-15-10-9-12-17(14-15)20-21(5,6)18(2,3)4/h1,9-10,12,14,16,19H,8,11,13H2,2-6H3/t16-/m1/s1. The van der Waals surface area contributed by atoms with Gasteiger partial charge in [0, 0.05) is 6.42 Å². The van der Waals surface area contributed by atoms with E-state index in [2.05, 4.69) is 39.8 Å². The second-order valence-electron chi connectivity index (χ2n) is 7.11. The molecule has 1 aromatic carbocycles. The first-order chi connectivity index (χ1) is 9.65. The van der Waals surface area contributed by atoms with Gasteiger partial charge in [-0.05, 0) is 48.7 Å². The minimum Gasteiger partial charge on any atom is -0.543 e. The van der Waals surface area contributed by atoms with E-state index in [1.54, 1.807) is 0 Å². The van der Waals surface area contributed by atoms with Gasteiger partial charge in [-0.2, -0.15) is 0 Å². The van der Waals surface area contributed by atoms with Crippen molar-refractivity contribution in [2.75, 3.05) is 0 Å². The zero-order chi connectivity index (χ0) is 16.1. The van der Waals surface area contributed by atoms with E-state index in [0.29, 0.717) is 19.3 Å². The van der Waals surface area contributed by atoms with E-state index >= 15 is 0 Å². The molecule has 3 heteroatoms. The number of benzene rings is 1.